The van der Waals surface area contributed by atoms with Crippen molar-refractivity contribution >= 4 is 17.3 Å². The van der Waals surface area contributed by atoms with Gasteiger partial charge in [-0.3, -0.25) is 14.4 Å². The van der Waals surface area contributed by atoms with E-state index in [1.807, 2.05) is 19.9 Å². The summed E-state index contributed by atoms with van der Waals surface area (Å²) >= 11 is 0. The second kappa shape index (κ2) is 5.41. The maximum Gasteiger partial charge on any atom is 0.172 e. The number of ether oxygens (including phenoxy) is 1. The molecule has 0 unspecified atom stereocenters. The highest BCUT2D eigenvalue weighted by Crippen LogP contribution is 2.80. The van der Waals surface area contributed by atoms with Crippen LogP contribution in [0.2, 0.25) is 0 Å². The van der Waals surface area contributed by atoms with Crippen LogP contribution in [0.1, 0.15) is 78.2 Å². The van der Waals surface area contributed by atoms with Crippen molar-refractivity contribution < 1.29 is 23.5 Å². The van der Waals surface area contributed by atoms with Crippen molar-refractivity contribution in [2.45, 2.75) is 84.3 Å². The third kappa shape index (κ3) is 1.86. The number of furan rings is 1. The fraction of sp³-hybridized carbons (Fsp3) is 0.731. The highest BCUT2D eigenvalue weighted by atomic mass is 16.6. The lowest BCUT2D eigenvalue weighted by Gasteiger charge is -2.66. The summed E-state index contributed by atoms with van der Waals surface area (Å²) in [6.07, 6.45) is 6.32. The zero-order chi connectivity index (χ0) is 22.2. The van der Waals surface area contributed by atoms with Gasteiger partial charge >= 0.3 is 0 Å². The number of epoxide rings is 1. The molecular formula is C26H32O5. The first-order valence-corrected chi connectivity index (χ1v) is 11.8. The largest absolute Gasteiger partial charge is 0.472 e. The Bertz CT molecular complexity index is 1020. The predicted molar refractivity (Wildman–Crippen MR) is 112 cm³/mol. The Hall–Kier alpha value is -1.75. The number of ketones is 3. The molecule has 6 rings (SSSR count). The Morgan fingerprint density at radius 1 is 0.968 bits per heavy atom. The Morgan fingerprint density at radius 2 is 1.71 bits per heavy atom. The molecule has 31 heavy (non-hydrogen) atoms. The summed E-state index contributed by atoms with van der Waals surface area (Å²) in [7, 11) is 0. The Morgan fingerprint density at radius 3 is 2.39 bits per heavy atom. The van der Waals surface area contributed by atoms with Crippen molar-refractivity contribution in [1.82, 2.24) is 0 Å². The maximum atomic E-state index is 14.0. The SMILES string of the molecule is CC1(C)C(=O)CC[C@]2(C)[C@H]3CC[C@@]4(C)[C@H](c5ccoc5)C(=O)[C@H]5O[C@]54[C@]3(C)C(=O)C[C@@H]12. The van der Waals surface area contributed by atoms with Crippen LogP contribution in [0.4, 0.5) is 0 Å². The molecule has 0 N–H and O–H groups in total. The molecule has 4 saturated carbocycles. The molecule has 1 saturated heterocycles. The quantitative estimate of drug-likeness (QED) is 0.621. The van der Waals surface area contributed by atoms with Gasteiger partial charge in [-0.15, -0.1) is 0 Å². The van der Waals surface area contributed by atoms with Crippen LogP contribution >= 0.6 is 0 Å². The average molecular weight is 425 g/mol. The van der Waals surface area contributed by atoms with Gasteiger partial charge < -0.3 is 9.15 Å². The molecule has 5 heteroatoms. The monoisotopic (exact) mass is 424 g/mol. The van der Waals surface area contributed by atoms with Gasteiger partial charge in [-0.05, 0) is 49.5 Å². The third-order valence-corrected chi connectivity index (χ3v) is 11.0. The zero-order valence-electron chi connectivity index (χ0n) is 19.1. The summed E-state index contributed by atoms with van der Waals surface area (Å²) in [6.45, 7) is 10.6. The van der Waals surface area contributed by atoms with E-state index in [0.717, 1.165) is 24.8 Å². The molecule has 5 fully saturated rings. The minimum absolute atomic E-state index is 0.0477. The standard InChI is InChI=1S/C26H32O5/c1-22(2)16-12-18(28)25(5)15(23(16,3)9-7-17(22)27)6-10-24(4)19(14-8-11-30-13-14)20(29)21-26(24,25)31-21/h8,11,13,15-16,19,21H,6-7,9-10,12H2,1-5H3/t15-,16+,19-,21-,23-,24+,25+,26-/m1/s1. The highest BCUT2D eigenvalue weighted by Gasteiger charge is 2.89. The van der Waals surface area contributed by atoms with E-state index in [1.54, 1.807) is 12.5 Å². The number of Topliss-reactive ketones (excluding diaryl/α,β-unsaturated/α-hetero) is 3. The Balaban J connectivity index is 1.50. The molecule has 1 aromatic heterocycles. The summed E-state index contributed by atoms with van der Waals surface area (Å²) in [5.41, 5.74) is -1.57. The van der Waals surface area contributed by atoms with E-state index in [-0.39, 0.29) is 40.5 Å². The Labute approximate surface area is 183 Å². The molecule has 2 heterocycles. The lowest BCUT2D eigenvalue weighted by atomic mass is 9.36. The van der Waals surface area contributed by atoms with Gasteiger partial charge in [0.1, 0.15) is 23.3 Å². The summed E-state index contributed by atoms with van der Waals surface area (Å²) in [5.74, 6) is 0.452. The average Bonchev–Trinajstić information content (AvgIpc) is 3.19. The first-order chi connectivity index (χ1) is 14.5. The van der Waals surface area contributed by atoms with Crippen LogP contribution in [-0.4, -0.2) is 29.1 Å². The van der Waals surface area contributed by atoms with Gasteiger partial charge in [-0.1, -0.05) is 27.7 Å². The van der Waals surface area contributed by atoms with E-state index in [4.69, 9.17) is 9.15 Å². The second-order valence-electron chi connectivity index (χ2n) is 12.2. The number of hydrogen-bond donors (Lipinski definition) is 0. The normalized spacial score (nSPS) is 52.2. The predicted octanol–water partition coefficient (Wildman–Crippen LogP) is 4.49. The van der Waals surface area contributed by atoms with Gasteiger partial charge in [0.2, 0.25) is 0 Å². The van der Waals surface area contributed by atoms with Crippen molar-refractivity contribution in [3.05, 3.63) is 24.2 Å². The number of carbonyl (C=O) groups is 3. The first kappa shape index (κ1) is 19.9. The van der Waals surface area contributed by atoms with Gasteiger partial charge in [0.15, 0.2) is 5.78 Å². The highest BCUT2D eigenvalue weighted by molar-refractivity contribution is 6.02. The molecule has 8 atom stereocenters. The van der Waals surface area contributed by atoms with Crippen LogP contribution in [0.5, 0.6) is 0 Å². The topological polar surface area (TPSA) is 76.9 Å². The van der Waals surface area contributed by atoms with Gasteiger partial charge in [0.25, 0.3) is 0 Å². The fourth-order valence-corrected chi connectivity index (χ4v) is 9.40. The van der Waals surface area contributed by atoms with Crippen molar-refractivity contribution in [3.63, 3.8) is 0 Å². The molecule has 1 spiro atoms. The van der Waals surface area contributed by atoms with E-state index < -0.39 is 27.9 Å². The van der Waals surface area contributed by atoms with Crippen molar-refractivity contribution in [2.24, 2.45) is 33.5 Å². The number of fused-ring (bicyclic) bond motifs is 3. The second-order valence-corrected chi connectivity index (χ2v) is 12.2. The summed E-state index contributed by atoms with van der Waals surface area (Å²) in [4.78, 5) is 40.4. The van der Waals surface area contributed by atoms with Crippen LogP contribution in [0.3, 0.4) is 0 Å². The van der Waals surface area contributed by atoms with E-state index in [9.17, 15) is 14.4 Å². The van der Waals surface area contributed by atoms with Gasteiger partial charge in [-0.2, -0.15) is 0 Å². The molecule has 0 aromatic carbocycles. The summed E-state index contributed by atoms with van der Waals surface area (Å²) in [5, 5.41) is 0. The van der Waals surface area contributed by atoms with Crippen LogP contribution in [-0.2, 0) is 19.1 Å². The van der Waals surface area contributed by atoms with Crippen LogP contribution < -0.4 is 0 Å². The van der Waals surface area contributed by atoms with Crippen LogP contribution in [0, 0.1) is 33.5 Å². The number of carbonyl (C=O) groups excluding carboxylic acids is 3. The molecule has 1 aliphatic heterocycles. The van der Waals surface area contributed by atoms with Gasteiger partial charge in [0, 0.05) is 29.2 Å². The van der Waals surface area contributed by atoms with E-state index in [2.05, 4.69) is 20.8 Å². The minimum Gasteiger partial charge on any atom is -0.472 e. The van der Waals surface area contributed by atoms with Crippen molar-refractivity contribution in [2.75, 3.05) is 0 Å². The zero-order valence-corrected chi connectivity index (χ0v) is 19.1. The van der Waals surface area contributed by atoms with Crippen molar-refractivity contribution in [1.29, 1.82) is 0 Å². The summed E-state index contributed by atoms with van der Waals surface area (Å²) < 4.78 is 11.7. The lowest BCUT2D eigenvalue weighted by Crippen LogP contribution is -2.69. The van der Waals surface area contributed by atoms with Crippen molar-refractivity contribution in [3.8, 4) is 0 Å². The molecule has 5 aliphatic rings. The summed E-state index contributed by atoms with van der Waals surface area (Å²) in [6, 6.07) is 1.88. The van der Waals surface area contributed by atoms with Crippen LogP contribution in [0.25, 0.3) is 0 Å². The number of rotatable bonds is 1. The fourth-order valence-electron chi connectivity index (χ4n) is 9.40. The minimum atomic E-state index is -0.738. The van der Waals surface area contributed by atoms with Gasteiger partial charge in [0.05, 0.1) is 23.9 Å². The molecule has 5 nitrogen and oxygen atoms in total. The smallest absolute Gasteiger partial charge is 0.172 e. The molecule has 166 valence electrons. The van der Waals surface area contributed by atoms with Gasteiger partial charge in [-0.25, -0.2) is 0 Å². The van der Waals surface area contributed by atoms with E-state index >= 15 is 0 Å². The molecule has 0 radical (unpaired) electrons. The molecule has 0 amide bonds. The lowest BCUT2D eigenvalue weighted by molar-refractivity contribution is -0.199. The number of hydrogen-bond acceptors (Lipinski definition) is 5. The first-order valence-electron chi connectivity index (χ1n) is 11.8. The molecular weight excluding hydrogens is 392 g/mol. The molecule has 1 aromatic rings. The molecule has 4 aliphatic carbocycles. The molecule has 0 bridgehead atoms. The maximum absolute atomic E-state index is 14.0. The third-order valence-electron chi connectivity index (χ3n) is 11.0. The van der Waals surface area contributed by atoms with Crippen LogP contribution in [0.15, 0.2) is 23.0 Å². The van der Waals surface area contributed by atoms with E-state index in [0.29, 0.717) is 12.8 Å². The van der Waals surface area contributed by atoms with E-state index in [1.165, 1.54) is 0 Å². The Kier molecular flexibility index (Phi) is 3.47.